The molecule has 3 rings (SSSR count). The largest absolute Gasteiger partial charge is 0.382 e. The Morgan fingerprint density at radius 1 is 1.32 bits per heavy atom. The molecule has 0 bridgehead atoms. The van der Waals surface area contributed by atoms with E-state index in [1.165, 1.54) is 4.31 Å². The van der Waals surface area contributed by atoms with E-state index in [1.807, 2.05) is 44.2 Å². The van der Waals surface area contributed by atoms with Gasteiger partial charge in [-0.15, -0.1) is 0 Å². The van der Waals surface area contributed by atoms with Gasteiger partial charge < -0.3 is 9.47 Å². The molecule has 1 unspecified atom stereocenters. The molecule has 1 aliphatic rings. The van der Waals surface area contributed by atoms with Crippen LogP contribution in [0.25, 0.3) is 10.9 Å². The number of methoxy groups -OCH3 is 1. The molecule has 7 heteroatoms. The van der Waals surface area contributed by atoms with Gasteiger partial charge in [0.25, 0.3) is 0 Å². The van der Waals surface area contributed by atoms with Crippen molar-refractivity contribution >= 4 is 20.9 Å². The summed E-state index contributed by atoms with van der Waals surface area (Å²) in [5.74, 6) is -0.0723. The zero-order valence-electron chi connectivity index (χ0n) is 14.8. The molecule has 0 aliphatic carbocycles. The van der Waals surface area contributed by atoms with Gasteiger partial charge in [-0.3, -0.25) is 4.98 Å². The predicted molar refractivity (Wildman–Crippen MR) is 96.8 cm³/mol. The number of para-hydroxylation sites is 1. The van der Waals surface area contributed by atoms with Crippen LogP contribution in [0.3, 0.4) is 0 Å². The minimum Gasteiger partial charge on any atom is -0.382 e. The fourth-order valence-electron chi connectivity index (χ4n) is 3.30. The van der Waals surface area contributed by atoms with E-state index >= 15 is 0 Å². The average Bonchev–Trinajstić information content (AvgIpc) is 2.54. The molecule has 0 radical (unpaired) electrons. The molecule has 6 nitrogen and oxygen atoms in total. The lowest BCUT2D eigenvalue weighted by Crippen LogP contribution is -2.55. The van der Waals surface area contributed by atoms with E-state index in [0.717, 1.165) is 10.9 Å². The third-order valence-corrected chi connectivity index (χ3v) is 5.99. The highest BCUT2D eigenvalue weighted by Gasteiger charge is 2.38. The highest BCUT2D eigenvalue weighted by Crippen LogP contribution is 2.26. The Kier molecular flexibility index (Phi) is 5.11. The highest BCUT2D eigenvalue weighted by atomic mass is 32.2. The van der Waals surface area contributed by atoms with E-state index in [0.29, 0.717) is 25.3 Å². The van der Waals surface area contributed by atoms with Gasteiger partial charge in [0.15, 0.2) is 0 Å². The molecule has 0 saturated carbocycles. The Morgan fingerprint density at radius 2 is 2.08 bits per heavy atom. The molecule has 2 heterocycles. The maximum absolute atomic E-state index is 13.0. The molecule has 2 aromatic rings. The van der Waals surface area contributed by atoms with Gasteiger partial charge in [-0.05, 0) is 25.5 Å². The van der Waals surface area contributed by atoms with Crippen molar-refractivity contribution in [2.24, 2.45) is 0 Å². The molecule has 1 fully saturated rings. The van der Waals surface area contributed by atoms with Crippen LogP contribution in [0.4, 0.5) is 0 Å². The van der Waals surface area contributed by atoms with Crippen LogP contribution >= 0.6 is 0 Å². The molecule has 1 atom stereocenters. The Bertz CT molecular complexity index is 846. The van der Waals surface area contributed by atoms with Gasteiger partial charge >= 0.3 is 0 Å². The Morgan fingerprint density at radius 3 is 2.84 bits per heavy atom. The quantitative estimate of drug-likeness (QED) is 0.813. The summed E-state index contributed by atoms with van der Waals surface area (Å²) in [7, 11) is -1.90. The lowest BCUT2D eigenvalue weighted by molar-refractivity contribution is -0.135. The van der Waals surface area contributed by atoms with Crippen LogP contribution in [-0.2, 0) is 25.2 Å². The molecule has 0 amide bonds. The molecule has 0 N–H and O–H groups in total. The second-order valence-electron chi connectivity index (χ2n) is 7.00. The SMILES string of the molecule is COCC1CN(S(=O)(=O)Cc2cccc3cccnc23)CC(C)(C)O1. The summed E-state index contributed by atoms with van der Waals surface area (Å²) in [6.45, 7) is 4.80. The molecule has 1 aromatic carbocycles. The van der Waals surface area contributed by atoms with Gasteiger partial charge in [0.2, 0.25) is 10.0 Å². The van der Waals surface area contributed by atoms with Crippen molar-refractivity contribution in [2.45, 2.75) is 31.3 Å². The minimum absolute atomic E-state index is 0.0723. The highest BCUT2D eigenvalue weighted by molar-refractivity contribution is 7.88. The first kappa shape index (κ1) is 18.3. The molecule has 1 aromatic heterocycles. The number of sulfonamides is 1. The van der Waals surface area contributed by atoms with E-state index < -0.39 is 15.6 Å². The van der Waals surface area contributed by atoms with Crippen LogP contribution in [0.15, 0.2) is 36.5 Å². The van der Waals surface area contributed by atoms with E-state index in [-0.39, 0.29) is 11.9 Å². The summed E-state index contributed by atoms with van der Waals surface area (Å²) < 4.78 is 38.7. The molecular weight excluding hydrogens is 340 g/mol. The van der Waals surface area contributed by atoms with E-state index in [2.05, 4.69) is 4.98 Å². The average molecular weight is 364 g/mol. The number of pyridine rings is 1. The van der Waals surface area contributed by atoms with Crippen molar-refractivity contribution in [3.05, 3.63) is 42.1 Å². The molecule has 0 spiro atoms. The Balaban J connectivity index is 1.88. The number of morpholine rings is 1. The zero-order valence-corrected chi connectivity index (χ0v) is 15.6. The number of hydrogen-bond donors (Lipinski definition) is 0. The molecule has 25 heavy (non-hydrogen) atoms. The Hall–Kier alpha value is -1.54. The minimum atomic E-state index is -3.49. The van der Waals surface area contributed by atoms with E-state index in [4.69, 9.17) is 9.47 Å². The monoisotopic (exact) mass is 364 g/mol. The number of rotatable bonds is 5. The van der Waals surface area contributed by atoms with Gasteiger partial charge in [-0.2, -0.15) is 4.31 Å². The maximum atomic E-state index is 13.0. The normalized spacial score (nSPS) is 21.5. The summed E-state index contributed by atoms with van der Waals surface area (Å²) in [6, 6.07) is 9.41. The van der Waals surface area contributed by atoms with Crippen molar-refractivity contribution < 1.29 is 17.9 Å². The van der Waals surface area contributed by atoms with Crippen LogP contribution in [0.2, 0.25) is 0 Å². The van der Waals surface area contributed by atoms with Crippen LogP contribution in [0.1, 0.15) is 19.4 Å². The van der Waals surface area contributed by atoms with Gasteiger partial charge in [-0.25, -0.2) is 8.42 Å². The number of fused-ring (bicyclic) bond motifs is 1. The molecular formula is C18H24N2O4S. The van der Waals surface area contributed by atoms with Crippen LogP contribution < -0.4 is 0 Å². The summed E-state index contributed by atoms with van der Waals surface area (Å²) in [5, 5.41) is 0.940. The third kappa shape index (κ3) is 4.17. The van der Waals surface area contributed by atoms with Gasteiger partial charge in [0.05, 0.1) is 29.6 Å². The lowest BCUT2D eigenvalue weighted by atomic mass is 10.1. The maximum Gasteiger partial charge on any atom is 0.218 e. The number of aromatic nitrogens is 1. The molecule has 136 valence electrons. The number of hydrogen-bond acceptors (Lipinski definition) is 5. The van der Waals surface area contributed by atoms with Crippen molar-refractivity contribution in [2.75, 3.05) is 26.8 Å². The van der Waals surface area contributed by atoms with Crippen LogP contribution in [0, 0.1) is 0 Å². The topological polar surface area (TPSA) is 68.7 Å². The summed E-state index contributed by atoms with van der Waals surface area (Å²) in [6.07, 6.45) is 1.42. The van der Waals surface area contributed by atoms with Crippen molar-refractivity contribution in [1.82, 2.24) is 9.29 Å². The fraction of sp³-hybridized carbons (Fsp3) is 0.500. The standard InChI is InChI=1S/C18H24N2O4S/c1-18(2)13-20(10-16(24-18)11-23-3)25(21,22)12-15-7-4-6-14-8-5-9-19-17(14)15/h4-9,16H,10-13H2,1-3H3. The third-order valence-electron chi connectivity index (χ3n) is 4.25. The number of nitrogens with zero attached hydrogens (tertiary/aromatic N) is 2. The van der Waals surface area contributed by atoms with Crippen molar-refractivity contribution in [3.8, 4) is 0 Å². The van der Waals surface area contributed by atoms with Gasteiger partial charge in [-0.1, -0.05) is 24.3 Å². The summed E-state index contributed by atoms with van der Waals surface area (Å²) in [5.41, 5.74) is 0.895. The second kappa shape index (κ2) is 6.99. The second-order valence-corrected chi connectivity index (χ2v) is 8.96. The number of ether oxygens (including phenoxy) is 2. The first-order valence-corrected chi connectivity index (χ1v) is 9.89. The predicted octanol–water partition coefficient (Wildman–Crippen LogP) is 2.19. The first-order chi connectivity index (χ1) is 11.8. The van der Waals surface area contributed by atoms with Crippen LogP contribution in [0.5, 0.6) is 0 Å². The van der Waals surface area contributed by atoms with Crippen molar-refractivity contribution in [1.29, 1.82) is 0 Å². The number of benzene rings is 1. The first-order valence-electron chi connectivity index (χ1n) is 8.28. The van der Waals surface area contributed by atoms with Gasteiger partial charge in [0, 0.05) is 31.8 Å². The smallest absolute Gasteiger partial charge is 0.218 e. The lowest BCUT2D eigenvalue weighted by Gasteiger charge is -2.41. The molecule has 1 saturated heterocycles. The van der Waals surface area contributed by atoms with Gasteiger partial charge in [0.1, 0.15) is 0 Å². The molecule has 1 aliphatic heterocycles. The summed E-state index contributed by atoms with van der Waals surface area (Å²) >= 11 is 0. The zero-order chi connectivity index (χ0) is 18.1. The fourth-order valence-corrected chi connectivity index (χ4v) is 5.01. The van der Waals surface area contributed by atoms with E-state index in [1.54, 1.807) is 13.3 Å². The Labute approximate surface area is 148 Å². The van der Waals surface area contributed by atoms with Crippen molar-refractivity contribution in [3.63, 3.8) is 0 Å². The van der Waals surface area contributed by atoms with E-state index in [9.17, 15) is 8.42 Å². The summed E-state index contributed by atoms with van der Waals surface area (Å²) in [4.78, 5) is 4.36. The van der Waals surface area contributed by atoms with Crippen LogP contribution in [-0.4, -0.2) is 56.2 Å².